The van der Waals surface area contributed by atoms with Crippen LogP contribution in [0.5, 0.6) is 0 Å². The number of alkyl halides is 3. The number of carbonyl (C=O) groups excluding carboxylic acids is 2. The second-order valence-electron chi connectivity index (χ2n) is 4.32. The van der Waals surface area contributed by atoms with Gasteiger partial charge in [0.25, 0.3) is 0 Å². The summed E-state index contributed by atoms with van der Waals surface area (Å²) in [5.41, 5.74) is 4.39. The van der Waals surface area contributed by atoms with Crippen molar-refractivity contribution in [3.8, 4) is 0 Å². The lowest BCUT2D eigenvalue weighted by molar-refractivity contribution is -0.164. The molecule has 8 heteroatoms. The highest BCUT2D eigenvalue weighted by Gasteiger charge is 2.49. The van der Waals surface area contributed by atoms with Crippen molar-refractivity contribution in [2.24, 2.45) is 5.73 Å². The third kappa shape index (κ3) is 4.17. The number of halogens is 3. The van der Waals surface area contributed by atoms with Crippen molar-refractivity contribution in [3.05, 3.63) is 0 Å². The van der Waals surface area contributed by atoms with Crippen LogP contribution in [0, 0.1) is 0 Å². The molecule has 18 heavy (non-hydrogen) atoms. The van der Waals surface area contributed by atoms with Crippen molar-refractivity contribution in [1.82, 2.24) is 4.90 Å². The van der Waals surface area contributed by atoms with Crippen LogP contribution in [0.25, 0.3) is 0 Å². The molecular weight excluding hydrogens is 253 g/mol. The number of esters is 1. The van der Waals surface area contributed by atoms with Gasteiger partial charge in [-0.05, 0) is 12.8 Å². The minimum absolute atomic E-state index is 0.283. The monoisotopic (exact) mass is 268 g/mol. The van der Waals surface area contributed by atoms with E-state index in [2.05, 4.69) is 4.74 Å². The SMILES string of the molecule is COC(=O)CCN(CC(F)(F)F)C(=O)C1(N)CC1. The molecule has 0 radical (unpaired) electrons. The topological polar surface area (TPSA) is 72.6 Å². The summed E-state index contributed by atoms with van der Waals surface area (Å²) in [6.07, 6.45) is -4.05. The van der Waals surface area contributed by atoms with Gasteiger partial charge in [-0.1, -0.05) is 0 Å². The fourth-order valence-electron chi connectivity index (χ4n) is 1.46. The van der Waals surface area contributed by atoms with Gasteiger partial charge in [0.1, 0.15) is 6.54 Å². The highest BCUT2D eigenvalue weighted by atomic mass is 19.4. The highest BCUT2D eigenvalue weighted by molar-refractivity contribution is 5.89. The largest absolute Gasteiger partial charge is 0.469 e. The van der Waals surface area contributed by atoms with E-state index < -0.39 is 30.1 Å². The number of carbonyl (C=O) groups is 2. The maximum atomic E-state index is 12.3. The fraction of sp³-hybridized carbons (Fsp3) is 0.800. The third-order valence-electron chi connectivity index (χ3n) is 2.69. The van der Waals surface area contributed by atoms with Gasteiger partial charge in [-0.3, -0.25) is 9.59 Å². The van der Waals surface area contributed by atoms with Crippen molar-refractivity contribution in [2.45, 2.75) is 31.0 Å². The Morgan fingerprint density at radius 3 is 2.33 bits per heavy atom. The van der Waals surface area contributed by atoms with Crippen LogP contribution in [0.1, 0.15) is 19.3 Å². The Labute approximate surface area is 102 Å². The lowest BCUT2D eigenvalue weighted by Crippen LogP contribution is -2.49. The molecule has 1 saturated carbocycles. The van der Waals surface area contributed by atoms with Crippen LogP contribution >= 0.6 is 0 Å². The van der Waals surface area contributed by atoms with Gasteiger partial charge in [0.15, 0.2) is 0 Å². The molecule has 1 aliphatic rings. The van der Waals surface area contributed by atoms with Gasteiger partial charge >= 0.3 is 12.1 Å². The minimum atomic E-state index is -4.52. The molecule has 1 amide bonds. The van der Waals surface area contributed by atoms with Crippen molar-refractivity contribution < 1.29 is 27.5 Å². The Morgan fingerprint density at radius 2 is 1.94 bits per heavy atom. The van der Waals surface area contributed by atoms with Crippen LogP contribution < -0.4 is 5.73 Å². The smallest absolute Gasteiger partial charge is 0.406 e. The first-order chi connectivity index (χ1) is 8.18. The van der Waals surface area contributed by atoms with Gasteiger partial charge in [-0.2, -0.15) is 13.2 Å². The minimum Gasteiger partial charge on any atom is -0.469 e. The molecule has 0 atom stereocenters. The number of methoxy groups -OCH3 is 1. The lowest BCUT2D eigenvalue weighted by Gasteiger charge is -2.26. The van der Waals surface area contributed by atoms with E-state index in [0.29, 0.717) is 17.7 Å². The summed E-state index contributed by atoms with van der Waals surface area (Å²) in [7, 11) is 1.13. The van der Waals surface area contributed by atoms with Crippen LogP contribution in [-0.4, -0.2) is 48.7 Å². The van der Waals surface area contributed by atoms with Crippen molar-refractivity contribution in [2.75, 3.05) is 20.2 Å². The zero-order chi connectivity index (χ0) is 14.0. The second kappa shape index (κ2) is 5.13. The Hall–Kier alpha value is -1.31. The zero-order valence-corrected chi connectivity index (χ0v) is 9.92. The van der Waals surface area contributed by atoms with Gasteiger partial charge in [0.05, 0.1) is 19.1 Å². The van der Waals surface area contributed by atoms with E-state index in [9.17, 15) is 22.8 Å². The summed E-state index contributed by atoms with van der Waals surface area (Å²) in [6, 6.07) is 0. The Balaban J connectivity index is 2.63. The molecule has 2 N–H and O–H groups in total. The Morgan fingerprint density at radius 1 is 1.39 bits per heavy atom. The first-order valence-corrected chi connectivity index (χ1v) is 5.40. The maximum absolute atomic E-state index is 12.3. The molecule has 0 aromatic rings. The summed E-state index contributed by atoms with van der Waals surface area (Å²) < 4.78 is 41.3. The standard InChI is InChI=1S/C10H15F3N2O3/c1-18-7(16)2-5-15(6-10(11,12)13)8(17)9(14)3-4-9/h2-6,14H2,1H3. The molecule has 0 spiro atoms. The molecule has 104 valence electrons. The van der Waals surface area contributed by atoms with E-state index in [-0.39, 0.29) is 13.0 Å². The van der Waals surface area contributed by atoms with E-state index in [1.807, 2.05) is 0 Å². The Bertz CT molecular complexity index is 340. The van der Waals surface area contributed by atoms with E-state index in [0.717, 1.165) is 7.11 Å². The molecular formula is C10H15F3N2O3. The van der Waals surface area contributed by atoms with E-state index in [1.54, 1.807) is 0 Å². The normalized spacial score (nSPS) is 17.2. The number of hydrogen-bond donors (Lipinski definition) is 1. The lowest BCUT2D eigenvalue weighted by atomic mass is 10.2. The summed E-state index contributed by atoms with van der Waals surface area (Å²) in [6.45, 7) is -1.74. The van der Waals surface area contributed by atoms with Gasteiger partial charge in [-0.25, -0.2) is 0 Å². The number of rotatable bonds is 5. The average molecular weight is 268 g/mol. The number of nitrogens with two attached hydrogens (primary N) is 1. The maximum Gasteiger partial charge on any atom is 0.406 e. The first-order valence-electron chi connectivity index (χ1n) is 5.40. The van der Waals surface area contributed by atoms with Gasteiger partial charge in [-0.15, -0.1) is 0 Å². The molecule has 0 aromatic carbocycles. The third-order valence-corrected chi connectivity index (χ3v) is 2.69. The van der Waals surface area contributed by atoms with Crippen LogP contribution in [0.15, 0.2) is 0 Å². The molecule has 0 saturated heterocycles. The summed E-state index contributed by atoms with van der Waals surface area (Å²) in [4.78, 5) is 23.2. The van der Waals surface area contributed by atoms with Crippen molar-refractivity contribution in [1.29, 1.82) is 0 Å². The Kier molecular flexibility index (Phi) is 4.20. The van der Waals surface area contributed by atoms with Crippen LogP contribution in [0.3, 0.4) is 0 Å². The van der Waals surface area contributed by atoms with E-state index in [4.69, 9.17) is 5.73 Å². The second-order valence-corrected chi connectivity index (χ2v) is 4.32. The predicted molar refractivity (Wildman–Crippen MR) is 55.4 cm³/mol. The summed E-state index contributed by atoms with van der Waals surface area (Å²) >= 11 is 0. The summed E-state index contributed by atoms with van der Waals surface area (Å²) in [5.74, 6) is -1.43. The molecule has 0 heterocycles. The number of nitrogens with zero attached hydrogens (tertiary/aromatic N) is 1. The van der Waals surface area contributed by atoms with Crippen molar-refractivity contribution in [3.63, 3.8) is 0 Å². The fourth-order valence-corrected chi connectivity index (χ4v) is 1.46. The van der Waals surface area contributed by atoms with Gasteiger partial charge in [0.2, 0.25) is 5.91 Å². The molecule has 0 bridgehead atoms. The van der Waals surface area contributed by atoms with E-state index in [1.165, 1.54) is 0 Å². The quantitative estimate of drug-likeness (QED) is 0.734. The average Bonchev–Trinajstić information content (AvgIpc) is 3.00. The van der Waals surface area contributed by atoms with Gasteiger partial charge in [0, 0.05) is 6.54 Å². The molecule has 1 aliphatic carbocycles. The van der Waals surface area contributed by atoms with E-state index >= 15 is 0 Å². The number of hydrogen-bond acceptors (Lipinski definition) is 4. The van der Waals surface area contributed by atoms with Crippen LogP contribution in [0.2, 0.25) is 0 Å². The predicted octanol–water partition coefficient (Wildman–Crippen LogP) is 0.432. The summed E-state index contributed by atoms with van der Waals surface area (Å²) in [5, 5.41) is 0. The number of ether oxygens (including phenoxy) is 1. The molecule has 1 fully saturated rings. The number of amides is 1. The van der Waals surface area contributed by atoms with Crippen LogP contribution in [0.4, 0.5) is 13.2 Å². The van der Waals surface area contributed by atoms with Crippen molar-refractivity contribution >= 4 is 11.9 Å². The first kappa shape index (κ1) is 14.7. The molecule has 0 aliphatic heterocycles. The molecule has 1 rings (SSSR count). The molecule has 5 nitrogen and oxygen atoms in total. The molecule has 0 aromatic heterocycles. The van der Waals surface area contributed by atoms with Crippen LogP contribution in [-0.2, 0) is 14.3 Å². The molecule has 0 unspecified atom stereocenters. The zero-order valence-electron chi connectivity index (χ0n) is 9.92. The van der Waals surface area contributed by atoms with Gasteiger partial charge < -0.3 is 15.4 Å². The highest BCUT2D eigenvalue weighted by Crippen LogP contribution is 2.35.